The van der Waals surface area contributed by atoms with Crippen LogP contribution in [0.3, 0.4) is 0 Å². The number of aromatic carboxylic acids is 1. The molecule has 7 rings (SSSR count). The highest BCUT2D eigenvalue weighted by molar-refractivity contribution is 5.87. The third kappa shape index (κ3) is 6.58. The van der Waals surface area contributed by atoms with Crippen molar-refractivity contribution in [2.45, 2.75) is 58.1 Å². The van der Waals surface area contributed by atoms with Gasteiger partial charge in [0, 0.05) is 44.7 Å². The summed E-state index contributed by atoms with van der Waals surface area (Å²) < 4.78 is 6.09. The van der Waals surface area contributed by atoms with E-state index in [1.165, 1.54) is 38.5 Å². The maximum absolute atomic E-state index is 12.9. The van der Waals surface area contributed by atoms with Gasteiger partial charge in [0.2, 0.25) is 11.8 Å². The Morgan fingerprint density at radius 3 is 2.15 bits per heavy atom. The minimum atomic E-state index is -0.943. The number of nitrogens with zero attached hydrogens (tertiary/aromatic N) is 2. The van der Waals surface area contributed by atoms with Crippen LogP contribution in [0.25, 0.3) is 0 Å². The van der Waals surface area contributed by atoms with Crippen molar-refractivity contribution < 1.29 is 24.2 Å². The van der Waals surface area contributed by atoms with Crippen molar-refractivity contribution in [1.82, 2.24) is 15.1 Å². The largest absolute Gasteiger partial charge is 0.489 e. The molecule has 1 heterocycles. The molecule has 2 N–H and O–H groups in total. The first-order valence-electron chi connectivity index (χ1n) is 15.1. The van der Waals surface area contributed by atoms with E-state index in [0.29, 0.717) is 26.1 Å². The van der Waals surface area contributed by atoms with Gasteiger partial charge in [0.25, 0.3) is 0 Å². The third-order valence-corrected chi connectivity index (χ3v) is 9.82. The Bertz CT molecular complexity index is 1230. The number of piperazine rings is 1. The van der Waals surface area contributed by atoms with Crippen molar-refractivity contribution in [3.05, 3.63) is 65.2 Å². The number of para-hydroxylation sites is 1. The van der Waals surface area contributed by atoms with Crippen molar-refractivity contribution in [1.29, 1.82) is 0 Å². The summed E-state index contributed by atoms with van der Waals surface area (Å²) in [5, 5.41) is 12.0. The van der Waals surface area contributed by atoms with Gasteiger partial charge in [-0.3, -0.25) is 14.5 Å². The van der Waals surface area contributed by atoms with Crippen LogP contribution in [0.1, 0.15) is 66.4 Å². The lowest BCUT2D eigenvalue weighted by molar-refractivity contribution is -0.136. The number of carbonyl (C=O) groups excluding carboxylic acids is 2. The zero-order valence-corrected chi connectivity index (χ0v) is 23.7. The topological polar surface area (TPSA) is 99.2 Å². The van der Waals surface area contributed by atoms with Crippen LogP contribution in [0.2, 0.25) is 0 Å². The number of carboxylic acids is 1. The molecule has 1 saturated heterocycles. The van der Waals surface area contributed by atoms with Gasteiger partial charge in [0.15, 0.2) is 0 Å². The monoisotopic (exact) mass is 559 g/mol. The van der Waals surface area contributed by atoms with Gasteiger partial charge in [0.1, 0.15) is 12.4 Å². The number of rotatable bonds is 10. The van der Waals surface area contributed by atoms with E-state index in [0.717, 1.165) is 54.3 Å². The molecule has 4 bridgehead atoms. The summed E-state index contributed by atoms with van der Waals surface area (Å²) >= 11 is 0. The summed E-state index contributed by atoms with van der Waals surface area (Å²) in [5.41, 5.74) is 2.43. The number of benzene rings is 2. The summed E-state index contributed by atoms with van der Waals surface area (Å²) in [6.07, 6.45) is 8.31. The molecule has 4 aliphatic carbocycles. The minimum Gasteiger partial charge on any atom is -0.489 e. The van der Waals surface area contributed by atoms with Crippen LogP contribution in [0.5, 0.6) is 5.75 Å². The number of amides is 2. The van der Waals surface area contributed by atoms with Crippen LogP contribution in [-0.4, -0.2) is 65.4 Å². The van der Waals surface area contributed by atoms with Gasteiger partial charge in [-0.2, -0.15) is 0 Å². The molecule has 5 aliphatic rings. The van der Waals surface area contributed by atoms with Crippen LogP contribution in [0, 0.1) is 23.2 Å². The van der Waals surface area contributed by atoms with Crippen molar-refractivity contribution >= 4 is 17.8 Å². The number of hydrogen-bond acceptors (Lipinski definition) is 5. The van der Waals surface area contributed by atoms with Gasteiger partial charge in [0.05, 0.1) is 12.1 Å². The molecule has 2 aromatic carbocycles. The predicted molar refractivity (Wildman–Crippen MR) is 154 cm³/mol. The Hall–Kier alpha value is -3.39. The van der Waals surface area contributed by atoms with Gasteiger partial charge >= 0.3 is 5.97 Å². The van der Waals surface area contributed by atoms with E-state index in [9.17, 15) is 14.4 Å². The second-order valence-corrected chi connectivity index (χ2v) is 12.9. The van der Waals surface area contributed by atoms with Gasteiger partial charge in [-0.05, 0) is 85.5 Å². The van der Waals surface area contributed by atoms with Crippen LogP contribution in [0.15, 0.2) is 48.5 Å². The quantitative estimate of drug-likeness (QED) is 0.450. The Morgan fingerprint density at radius 1 is 0.878 bits per heavy atom. The molecule has 2 aromatic rings. The van der Waals surface area contributed by atoms with E-state index in [-0.39, 0.29) is 29.3 Å². The highest BCUT2D eigenvalue weighted by Gasteiger charge is 2.51. The summed E-state index contributed by atoms with van der Waals surface area (Å²) in [6.45, 7) is 3.97. The molecule has 218 valence electrons. The summed E-state index contributed by atoms with van der Waals surface area (Å²) in [7, 11) is 0. The van der Waals surface area contributed by atoms with Crippen molar-refractivity contribution in [3.63, 3.8) is 0 Å². The molecule has 2 amide bonds. The van der Waals surface area contributed by atoms with Crippen molar-refractivity contribution in [2.24, 2.45) is 23.2 Å². The summed E-state index contributed by atoms with van der Waals surface area (Å²) in [5.74, 6) is 2.38. The number of hydrogen-bond donors (Lipinski definition) is 2. The Kier molecular flexibility index (Phi) is 8.02. The lowest BCUT2D eigenvalue weighted by Gasteiger charge is -2.56. The molecule has 5 fully saturated rings. The number of carboxylic acid groups (broad SMARTS) is 1. The Balaban J connectivity index is 0.939. The van der Waals surface area contributed by atoms with E-state index in [4.69, 9.17) is 9.84 Å². The SMILES string of the molecule is O=C(CC12CC3CC(CC(C3)C1)C2)NCC(=O)N1CCN(Cc2ccccc2OCc2ccc(C(=O)O)cc2)CC1. The van der Waals surface area contributed by atoms with Gasteiger partial charge in [-0.15, -0.1) is 0 Å². The molecular weight excluding hydrogens is 518 g/mol. The highest BCUT2D eigenvalue weighted by atomic mass is 16.5. The second-order valence-electron chi connectivity index (χ2n) is 12.9. The zero-order chi connectivity index (χ0) is 28.4. The maximum atomic E-state index is 12.9. The molecule has 4 saturated carbocycles. The fraction of sp³-hybridized carbons (Fsp3) is 0.545. The lowest BCUT2D eigenvalue weighted by atomic mass is 9.49. The first-order chi connectivity index (χ1) is 19.8. The highest BCUT2D eigenvalue weighted by Crippen LogP contribution is 2.61. The smallest absolute Gasteiger partial charge is 0.335 e. The van der Waals surface area contributed by atoms with Gasteiger partial charge in [-0.1, -0.05) is 30.3 Å². The molecule has 0 atom stereocenters. The average molecular weight is 560 g/mol. The predicted octanol–water partition coefficient (Wildman–Crippen LogP) is 4.33. The normalized spacial score (nSPS) is 27.0. The Labute approximate surface area is 242 Å². The first-order valence-corrected chi connectivity index (χ1v) is 15.1. The average Bonchev–Trinajstić information content (AvgIpc) is 2.95. The molecular formula is C33H41N3O5. The zero-order valence-electron chi connectivity index (χ0n) is 23.7. The number of ether oxygens (including phenoxy) is 1. The van der Waals surface area contributed by atoms with E-state index >= 15 is 0 Å². The third-order valence-electron chi connectivity index (χ3n) is 9.82. The van der Waals surface area contributed by atoms with Crippen molar-refractivity contribution in [2.75, 3.05) is 32.7 Å². The Morgan fingerprint density at radius 2 is 1.51 bits per heavy atom. The maximum Gasteiger partial charge on any atom is 0.335 e. The van der Waals surface area contributed by atoms with Crippen molar-refractivity contribution in [3.8, 4) is 5.75 Å². The van der Waals surface area contributed by atoms with E-state index < -0.39 is 5.97 Å². The molecule has 0 aromatic heterocycles. The first kappa shape index (κ1) is 27.8. The molecule has 8 heteroatoms. The van der Waals surface area contributed by atoms with Gasteiger partial charge in [-0.25, -0.2) is 4.79 Å². The van der Waals surface area contributed by atoms with Gasteiger partial charge < -0.3 is 20.1 Å². The van der Waals surface area contributed by atoms with E-state index in [1.54, 1.807) is 24.3 Å². The number of carbonyl (C=O) groups is 3. The van der Waals surface area contributed by atoms with Crippen LogP contribution in [-0.2, 0) is 22.7 Å². The van der Waals surface area contributed by atoms with Crippen LogP contribution < -0.4 is 10.1 Å². The summed E-state index contributed by atoms with van der Waals surface area (Å²) in [4.78, 5) is 41.0. The second kappa shape index (κ2) is 11.8. The molecule has 1 aliphatic heterocycles. The fourth-order valence-electron chi connectivity index (χ4n) is 8.27. The lowest BCUT2D eigenvalue weighted by Crippen LogP contribution is -2.51. The van der Waals surface area contributed by atoms with E-state index in [2.05, 4.69) is 16.3 Å². The summed E-state index contributed by atoms with van der Waals surface area (Å²) in [6, 6.07) is 14.7. The standard InChI is InChI=1S/C33H41N3O5/c37-30(19-33-16-24-13-25(17-33)15-26(14-24)18-33)34-20-31(38)36-11-9-35(10-12-36)21-28-3-1-2-4-29(28)41-22-23-5-7-27(8-6-23)32(39)40/h1-8,24-26H,9-22H2,(H,34,37)(H,39,40). The fourth-order valence-corrected chi connectivity index (χ4v) is 8.27. The minimum absolute atomic E-state index is 0.00108. The molecule has 0 unspecified atom stereocenters. The molecule has 0 radical (unpaired) electrons. The number of nitrogens with one attached hydrogen (secondary N) is 1. The molecule has 41 heavy (non-hydrogen) atoms. The van der Waals surface area contributed by atoms with Crippen LogP contribution in [0.4, 0.5) is 0 Å². The van der Waals surface area contributed by atoms with E-state index in [1.807, 2.05) is 23.1 Å². The molecule has 8 nitrogen and oxygen atoms in total. The van der Waals surface area contributed by atoms with Crippen LogP contribution >= 0.6 is 0 Å². The molecule has 0 spiro atoms.